The third kappa shape index (κ3) is 6.50. The molecule has 2 aromatic carbocycles. The van der Waals surface area contributed by atoms with Crippen LogP contribution in [0, 0.1) is 0 Å². The summed E-state index contributed by atoms with van der Waals surface area (Å²) in [5.41, 5.74) is 0.529. The first-order chi connectivity index (χ1) is 13.0. The molecule has 0 heterocycles. The lowest BCUT2D eigenvalue weighted by atomic mass is 10.2. The molecule has 2 rings (SSSR count). The summed E-state index contributed by atoms with van der Waals surface area (Å²) < 4.78 is 66.6. The fraction of sp³-hybridized carbons (Fsp3) is 0.235. The van der Waals surface area contributed by atoms with Crippen molar-refractivity contribution in [3.63, 3.8) is 0 Å². The van der Waals surface area contributed by atoms with E-state index < -0.39 is 28.8 Å². The lowest BCUT2D eigenvalue weighted by molar-refractivity contribution is -0.274. The average molecular weight is 481 g/mol. The van der Waals surface area contributed by atoms with Gasteiger partial charge in [-0.3, -0.25) is 4.79 Å². The topological polar surface area (TPSA) is 75.7 Å². The van der Waals surface area contributed by atoms with Crippen LogP contribution in [0.15, 0.2) is 57.9 Å². The number of likely N-dealkylation sites (N-methyl/N-ethyl adjacent to an activating group) is 1. The van der Waals surface area contributed by atoms with Crippen LogP contribution in [0.1, 0.15) is 5.56 Å². The van der Waals surface area contributed by atoms with E-state index in [9.17, 15) is 26.4 Å². The van der Waals surface area contributed by atoms with Crippen LogP contribution >= 0.6 is 15.9 Å². The summed E-state index contributed by atoms with van der Waals surface area (Å²) in [4.78, 5) is 12.1. The van der Waals surface area contributed by atoms with Gasteiger partial charge < -0.3 is 10.1 Å². The van der Waals surface area contributed by atoms with Crippen LogP contribution in [0.5, 0.6) is 5.75 Å². The predicted octanol–water partition coefficient (Wildman–Crippen LogP) is 3.28. The van der Waals surface area contributed by atoms with Crippen LogP contribution in [-0.2, 0) is 21.4 Å². The molecule has 0 saturated heterocycles. The predicted molar refractivity (Wildman–Crippen MR) is 98.9 cm³/mol. The van der Waals surface area contributed by atoms with Crippen molar-refractivity contribution in [2.24, 2.45) is 0 Å². The van der Waals surface area contributed by atoms with Crippen LogP contribution in [-0.4, -0.2) is 38.6 Å². The number of carbonyl (C=O) groups is 1. The molecule has 6 nitrogen and oxygen atoms in total. The Bertz CT molecular complexity index is 917. The van der Waals surface area contributed by atoms with Crippen molar-refractivity contribution in [3.8, 4) is 5.75 Å². The number of hydrogen-bond donors (Lipinski definition) is 1. The number of nitrogens with zero attached hydrogens (tertiary/aromatic N) is 1. The quantitative estimate of drug-likeness (QED) is 0.659. The maximum atomic E-state index is 12.4. The van der Waals surface area contributed by atoms with E-state index in [-0.39, 0.29) is 17.2 Å². The van der Waals surface area contributed by atoms with Crippen LogP contribution in [0.2, 0.25) is 0 Å². The first kappa shape index (κ1) is 22.2. The highest BCUT2D eigenvalue weighted by atomic mass is 79.9. The number of amides is 1. The van der Waals surface area contributed by atoms with Gasteiger partial charge in [-0.2, -0.15) is 4.31 Å². The largest absolute Gasteiger partial charge is 0.573 e. The molecule has 0 aliphatic carbocycles. The first-order valence-corrected chi connectivity index (χ1v) is 10.0. The Balaban J connectivity index is 1.90. The molecule has 0 aliphatic heterocycles. The number of sulfonamides is 1. The zero-order valence-corrected chi connectivity index (χ0v) is 16.9. The highest BCUT2D eigenvalue weighted by Crippen LogP contribution is 2.22. The number of benzene rings is 2. The summed E-state index contributed by atoms with van der Waals surface area (Å²) in [7, 11) is -2.55. The van der Waals surface area contributed by atoms with Gasteiger partial charge in [0.25, 0.3) is 0 Å². The Kier molecular flexibility index (Phi) is 7.07. The Morgan fingerprint density at radius 3 is 2.21 bits per heavy atom. The zero-order chi connectivity index (χ0) is 20.9. The van der Waals surface area contributed by atoms with Crippen molar-refractivity contribution in [1.82, 2.24) is 9.62 Å². The second-order valence-electron chi connectivity index (χ2n) is 5.68. The van der Waals surface area contributed by atoms with Crippen LogP contribution in [0.4, 0.5) is 13.2 Å². The normalized spacial score (nSPS) is 12.1. The van der Waals surface area contributed by atoms with E-state index in [1.54, 1.807) is 12.1 Å². The van der Waals surface area contributed by atoms with Crippen molar-refractivity contribution in [2.45, 2.75) is 17.8 Å². The number of carbonyl (C=O) groups excluding carboxylic acids is 1. The Hall–Kier alpha value is -2.11. The Morgan fingerprint density at radius 2 is 1.68 bits per heavy atom. The maximum Gasteiger partial charge on any atom is 0.573 e. The number of nitrogens with one attached hydrogen (secondary N) is 1. The molecule has 0 aromatic heterocycles. The van der Waals surface area contributed by atoms with E-state index in [0.717, 1.165) is 20.9 Å². The number of ether oxygens (including phenoxy) is 1. The molecule has 0 atom stereocenters. The summed E-state index contributed by atoms with van der Waals surface area (Å²) >= 11 is 3.21. The van der Waals surface area contributed by atoms with Gasteiger partial charge in [-0.1, -0.05) is 28.1 Å². The van der Waals surface area contributed by atoms with Gasteiger partial charge in [-0.25, -0.2) is 8.42 Å². The molecule has 2 aromatic rings. The van der Waals surface area contributed by atoms with Crippen molar-refractivity contribution in [1.29, 1.82) is 0 Å². The highest BCUT2D eigenvalue weighted by Gasteiger charge is 2.31. The molecule has 0 fully saturated rings. The van der Waals surface area contributed by atoms with Gasteiger partial charge in [0.15, 0.2) is 0 Å². The lowest BCUT2D eigenvalue weighted by Gasteiger charge is -2.17. The molecule has 1 amide bonds. The van der Waals surface area contributed by atoms with Crippen LogP contribution < -0.4 is 10.1 Å². The van der Waals surface area contributed by atoms with Gasteiger partial charge in [-0.05, 0) is 42.0 Å². The Morgan fingerprint density at radius 1 is 1.11 bits per heavy atom. The molecule has 0 spiro atoms. The number of hydrogen-bond acceptors (Lipinski definition) is 4. The molecular weight excluding hydrogens is 465 g/mol. The molecular formula is C17H16BrF3N2O4S. The highest BCUT2D eigenvalue weighted by molar-refractivity contribution is 9.10. The van der Waals surface area contributed by atoms with E-state index >= 15 is 0 Å². The molecule has 0 bridgehead atoms. The molecule has 11 heteroatoms. The van der Waals surface area contributed by atoms with Gasteiger partial charge in [0, 0.05) is 18.1 Å². The molecule has 0 saturated carbocycles. The number of halogens is 4. The zero-order valence-electron chi connectivity index (χ0n) is 14.5. The van der Waals surface area contributed by atoms with Gasteiger partial charge in [0.05, 0.1) is 11.4 Å². The molecule has 152 valence electrons. The standard InChI is InChI=1S/C17H16BrF3N2O4S/c1-23(28(25,26)15-8-4-13(18)5-9-15)11-16(24)22-10-12-2-6-14(7-3-12)27-17(19,20)21/h2-9H,10-11H2,1H3,(H,22,24). The SMILES string of the molecule is CN(CC(=O)NCc1ccc(OC(F)(F)F)cc1)S(=O)(=O)c1ccc(Br)cc1. The third-order valence-corrected chi connectivity index (χ3v) is 5.88. The number of alkyl halides is 3. The minimum absolute atomic E-state index is 0.0251. The fourth-order valence-corrected chi connectivity index (χ4v) is 3.53. The molecule has 0 radical (unpaired) electrons. The van der Waals surface area contributed by atoms with Gasteiger partial charge in [-0.15, -0.1) is 13.2 Å². The van der Waals surface area contributed by atoms with E-state index in [1.165, 1.54) is 31.3 Å². The lowest BCUT2D eigenvalue weighted by Crippen LogP contribution is -2.38. The van der Waals surface area contributed by atoms with Crippen molar-refractivity contribution >= 4 is 31.9 Å². The van der Waals surface area contributed by atoms with Crippen LogP contribution in [0.3, 0.4) is 0 Å². The van der Waals surface area contributed by atoms with Crippen LogP contribution in [0.25, 0.3) is 0 Å². The minimum Gasteiger partial charge on any atom is -0.406 e. The van der Waals surface area contributed by atoms with Gasteiger partial charge in [0.2, 0.25) is 15.9 Å². The first-order valence-electron chi connectivity index (χ1n) is 7.81. The molecule has 1 N–H and O–H groups in total. The summed E-state index contributed by atoms with van der Waals surface area (Å²) in [5.74, 6) is -0.929. The van der Waals surface area contributed by atoms with E-state index in [2.05, 4.69) is 26.0 Å². The summed E-state index contributed by atoms with van der Waals surface area (Å²) in [5, 5.41) is 2.51. The van der Waals surface area contributed by atoms with Crippen molar-refractivity contribution in [3.05, 3.63) is 58.6 Å². The molecule has 0 aliphatic rings. The third-order valence-electron chi connectivity index (χ3n) is 3.53. The second kappa shape index (κ2) is 8.93. The minimum atomic E-state index is -4.78. The monoisotopic (exact) mass is 480 g/mol. The summed E-state index contributed by atoms with van der Waals surface area (Å²) in [6.45, 7) is -0.384. The summed E-state index contributed by atoms with van der Waals surface area (Å²) in [6, 6.07) is 11.0. The summed E-state index contributed by atoms with van der Waals surface area (Å²) in [6.07, 6.45) is -4.78. The maximum absolute atomic E-state index is 12.4. The van der Waals surface area contributed by atoms with E-state index in [1.807, 2.05) is 0 Å². The van der Waals surface area contributed by atoms with E-state index in [4.69, 9.17) is 0 Å². The molecule has 0 unspecified atom stereocenters. The second-order valence-corrected chi connectivity index (χ2v) is 8.64. The number of rotatable bonds is 7. The van der Waals surface area contributed by atoms with E-state index in [0.29, 0.717) is 5.56 Å². The van der Waals surface area contributed by atoms with Gasteiger partial charge >= 0.3 is 6.36 Å². The Labute approximate surface area is 168 Å². The molecule has 28 heavy (non-hydrogen) atoms. The van der Waals surface area contributed by atoms with Crippen molar-refractivity contribution in [2.75, 3.05) is 13.6 Å². The van der Waals surface area contributed by atoms with Crippen molar-refractivity contribution < 1.29 is 31.1 Å². The van der Waals surface area contributed by atoms with Gasteiger partial charge in [0.1, 0.15) is 5.75 Å². The average Bonchev–Trinajstić information content (AvgIpc) is 2.60. The smallest absolute Gasteiger partial charge is 0.406 e. The fourth-order valence-electron chi connectivity index (χ4n) is 2.14.